The summed E-state index contributed by atoms with van der Waals surface area (Å²) in [6.07, 6.45) is 8.75. The van der Waals surface area contributed by atoms with E-state index >= 15 is 0 Å². The summed E-state index contributed by atoms with van der Waals surface area (Å²) in [5, 5.41) is 0. The highest BCUT2D eigenvalue weighted by atomic mass is 15.2. The Balaban J connectivity index is 1.70. The van der Waals surface area contributed by atoms with Gasteiger partial charge in [-0.3, -0.25) is 4.90 Å². The lowest BCUT2D eigenvalue weighted by molar-refractivity contribution is 0.0750. The smallest absolute Gasteiger partial charge is 0.0128 e. The minimum atomic E-state index is 0.386. The Morgan fingerprint density at radius 2 is 1.63 bits per heavy atom. The molecule has 2 fully saturated rings. The van der Waals surface area contributed by atoms with E-state index < -0.39 is 0 Å². The summed E-state index contributed by atoms with van der Waals surface area (Å²) < 4.78 is 0. The highest BCUT2D eigenvalue weighted by molar-refractivity contribution is 5.00. The molecule has 0 radical (unpaired) electrons. The van der Waals surface area contributed by atoms with Crippen LogP contribution in [0.4, 0.5) is 0 Å². The summed E-state index contributed by atoms with van der Waals surface area (Å²) in [7, 11) is 0. The van der Waals surface area contributed by atoms with Gasteiger partial charge in [-0.05, 0) is 57.3 Å². The topological polar surface area (TPSA) is 3.24 Å². The van der Waals surface area contributed by atoms with Crippen molar-refractivity contribution in [3.05, 3.63) is 0 Å². The van der Waals surface area contributed by atoms with E-state index in [0.717, 1.165) is 17.9 Å². The number of nitrogens with zero attached hydrogens (tertiary/aromatic N) is 1. The van der Waals surface area contributed by atoms with E-state index in [9.17, 15) is 0 Å². The number of fused-ring (bicyclic) bond motifs is 2. The molecule has 1 saturated carbocycles. The van der Waals surface area contributed by atoms with Crippen LogP contribution in [0.1, 0.15) is 80.1 Å². The van der Waals surface area contributed by atoms with Crippen LogP contribution in [0.2, 0.25) is 0 Å². The van der Waals surface area contributed by atoms with E-state index in [1.807, 2.05) is 0 Å². The Morgan fingerprint density at radius 1 is 0.947 bits per heavy atom. The molecule has 1 heteroatoms. The fourth-order valence-electron chi connectivity index (χ4n) is 4.30. The molecular weight excluding hydrogens is 230 g/mol. The fraction of sp³-hybridized carbons (Fsp3) is 1.00. The summed E-state index contributed by atoms with van der Waals surface area (Å²) in [4.78, 5) is 2.77. The maximum absolute atomic E-state index is 2.77. The Bertz CT molecular complexity index is 294. The Labute approximate surface area is 121 Å². The van der Waals surface area contributed by atoms with Crippen molar-refractivity contribution in [3.8, 4) is 0 Å². The largest absolute Gasteiger partial charge is 0.295 e. The Hall–Kier alpha value is -0.0400. The second-order valence-corrected chi connectivity index (χ2v) is 9.28. The molecule has 3 atom stereocenters. The van der Waals surface area contributed by atoms with Gasteiger partial charge in [-0.15, -0.1) is 0 Å². The number of likely N-dealkylation sites (tertiary alicyclic amines) is 1. The number of hydrogen-bond acceptors (Lipinski definition) is 1. The van der Waals surface area contributed by atoms with Gasteiger partial charge in [0.2, 0.25) is 0 Å². The van der Waals surface area contributed by atoms with E-state index in [-0.39, 0.29) is 0 Å². The van der Waals surface area contributed by atoms with Crippen LogP contribution in [0.15, 0.2) is 0 Å². The first kappa shape index (κ1) is 15.4. The third kappa shape index (κ3) is 3.97. The van der Waals surface area contributed by atoms with Crippen LogP contribution in [0, 0.1) is 17.3 Å². The average molecular weight is 265 g/mol. The summed E-state index contributed by atoms with van der Waals surface area (Å²) in [5.74, 6) is 2.06. The second-order valence-electron chi connectivity index (χ2n) is 9.28. The van der Waals surface area contributed by atoms with Crippen molar-refractivity contribution in [3.63, 3.8) is 0 Å². The molecule has 112 valence electrons. The molecule has 2 bridgehead atoms. The Morgan fingerprint density at radius 3 is 2.11 bits per heavy atom. The minimum absolute atomic E-state index is 0.386. The van der Waals surface area contributed by atoms with Crippen molar-refractivity contribution >= 4 is 0 Å². The van der Waals surface area contributed by atoms with Crippen LogP contribution in [0.25, 0.3) is 0 Å². The van der Waals surface area contributed by atoms with Gasteiger partial charge in [-0.2, -0.15) is 0 Å². The van der Waals surface area contributed by atoms with Crippen molar-refractivity contribution in [2.75, 3.05) is 6.54 Å². The van der Waals surface area contributed by atoms with Crippen LogP contribution < -0.4 is 0 Å². The fourth-order valence-corrected chi connectivity index (χ4v) is 4.30. The van der Waals surface area contributed by atoms with Gasteiger partial charge < -0.3 is 0 Å². The summed E-state index contributed by atoms with van der Waals surface area (Å²) >= 11 is 0. The molecule has 0 aromatic carbocycles. The molecule has 1 aliphatic carbocycles. The van der Waals surface area contributed by atoms with Crippen LogP contribution in [0.3, 0.4) is 0 Å². The van der Waals surface area contributed by atoms with Gasteiger partial charge in [-0.25, -0.2) is 0 Å². The normalized spacial score (nSPS) is 32.2. The lowest BCUT2D eigenvalue weighted by Crippen LogP contribution is -2.47. The number of hydrogen-bond donors (Lipinski definition) is 0. The monoisotopic (exact) mass is 265 g/mol. The predicted molar refractivity (Wildman–Crippen MR) is 84.4 cm³/mol. The molecule has 1 nitrogen and oxygen atoms in total. The Kier molecular flexibility index (Phi) is 4.35. The molecule has 0 aromatic heterocycles. The van der Waals surface area contributed by atoms with Gasteiger partial charge >= 0.3 is 0 Å². The van der Waals surface area contributed by atoms with Gasteiger partial charge in [-0.1, -0.05) is 40.0 Å². The van der Waals surface area contributed by atoms with E-state index in [4.69, 9.17) is 0 Å². The highest BCUT2D eigenvalue weighted by Crippen LogP contribution is 2.46. The van der Waals surface area contributed by atoms with Crippen LogP contribution in [-0.4, -0.2) is 23.0 Å². The van der Waals surface area contributed by atoms with Crippen LogP contribution in [-0.2, 0) is 0 Å². The third-order valence-electron chi connectivity index (χ3n) is 5.30. The maximum atomic E-state index is 2.77. The lowest BCUT2D eigenvalue weighted by Gasteiger charge is -2.41. The van der Waals surface area contributed by atoms with Crippen LogP contribution >= 0.6 is 0 Å². The third-order valence-corrected chi connectivity index (χ3v) is 5.30. The predicted octanol–water partition coefficient (Wildman–Crippen LogP) is 5.10. The molecule has 2 aliphatic rings. The molecule has 2 rings (SSSR count). The highest BCUT2D eigenvalue weighted by Gasteiger charge is 2.47. The zero-order valence-corrected chi connectivity index (χ0v) is 14.1. The number of unbranched alkanes of at least 4 members (excludes halogenated alkanes) is 1. The summed E-state index contributed by atoms with van der Waals surface area (Å²) in [6.45, 7) is 15.6. The zero-order valence-electron chi connectivity index (χ0n) is 14.1. The summed E-state index contributed by atoms with van der Waals surface area (Å²) in [6, 6.07) is 0.901. The van der Waals surface area contributed by atoms with E-state index in [1.165, 1.54) is 45.1 Å². The van der Waals surface area contributed by atoms with E-state index in [0.29, 0.717) is 11.0 Å². The molecule has 0 spiro atoms. The standard InChI is InChI=1S/C18H35N/c1-17(2,3)10-8-7-9-14-11-16-12-15(14)13-19(16)18(4,5)6/h14-16H,7-13H2,1-6H3/t14?,15-,16+/m0/s1. The second kappa shape index (κ2) is 5.39. The van der Waals surface area contributed by atoms with Gasteiger partial charge in [0, 0.05) is 18.1 Å². The minimum Gasteiger partial charge on any atom is -0.295 e. The number of rotatable bonds is 4. The first-order chi connectivity index (χ1) is 8.67. The first-order valence-corrected chi connectivity index (χ1v) is 8.43. The molecule has 1 aliphatic heterocycles. The molecule has 0 N–H and O–H groups in total. The van der Waals surface area contributed by atoms with Gasteiger partial charge in [0.1, 0.15) is 0 Å². The molecule has 19 heavy (non-hydrogen) atoms. The van der Waals surface area contributed by atoms with Crippen LogP contribution in [0.5, 0.6) is 0 Å². The van der Waals surface area contributed by atoms with Crippen molar-refractivity contribution < 1.29 is 0 Å². The van der Waals surface area contributed by atoms with E-state index in [1.54, 1.807) is 0 Å². The van der Waals surface area contributed by atoms with E-state index in [2.05, 4.69) is 46.4 Å². The van der Waals surface area contributed by atoms with Gasteiger partial charge in [0.15, 0.2) is 0 Å². The molecule has 0 amide bonds. The first-order valence-electron chi connectivity index (χ1n) is 8.43. The van der Waals surface area contributed by atoms with Crippen molar-refractivity contribution in [2.24, 2.45) is 17.3 Å². The van der Waals surface area contributed by atoms with Gasteiger partial charge in [0.25, 0.3) is 0 Å². The zero-order chi connectivity index (χ0) is 14.3. The average Bonchev–Trinajstić information content (AvgIpc) is 2.80. The van der Waals surface area contributed by atoms with Crippen molar-refractivity contribution in [1.29, 1.82) is 0 Å². The molecule has 1 saturated heterocycles. The lowest BCUT2D eigenvalue weighted by atomic mass is 9.85. The summed E-state index contributed by atoms with van der Waals surface area (Å²) in [5.41, 5.74) is 0.911. The van der Waals surface area contributed by atoms with Crippen molar-refractivity contribution in [1.82, 2.24) is 4.90 Å². The molecule has 1 unspecified atom stereocenters. The van der Waals surface area contributed by atoms with Crippen molar-refractivity contribution in [2.45, 2.75) is 91.6 Å². The molecule has 0 aromatic rings. The SMILES string of the molecule is CC(C)(C)CCCCC1C[C@@H]2C[C@H]1CN2C(C)(C)C. The van der Waals surface area contributed by atoms with Gasteiger partial charge in [0.05, 0.1) is 0 Å². The molecular formula is C18H35N. The quantitative estimate of drug-likeness (QED) is 0.639. The maximum Gasteiger partial charge on any atom is 0.0128 e. The number of piperidine rings is 1. The molecule has 1 heterocycles.